The molecule has 2 rings (SSSR count). The largest absolute Gasteiger partial charge is 0.434 e. The molecule has 0 bridgehead atoms. The zero-order valence-corrected chi connectivity index (χ0v) is 18.9. The first-order chi connectivity index (χ1) is 13.4. The van der Waals surface area contributed by atoms with Gasteiger partial charge >= 0.3 is 6.18 Å². The lowest BCUT2D eigenvalue weighted by atomic mass is 10.2. The lowest BCUT2D eigenvalue weighted by Crippen LogP contribution is -2.40. The van der Waals surface area contributed by atoms with Crippen LogP contribution in [0.1, 0.15) is 22.7 Å². The van der Waals surface area contributed by atoms with Gasteiger partial charge in [0.1, 0.15) is 0 Å². The Morgan fingerprint density at radius 2 is 1.83 bits per heavy atom. The molecule has 1 heterocycles. The molecule has 0 spiro atoms. The fraction of sp³-hybridized carbons (Fsp3) is 0.389. The summed E-state index contributed by atoms with van der Waals surface area (Å²) in [7, 11) is 1.58. The van der Waals surface area contributed by atoms with Gasteiger partial charge in [0.05, 0.1) is 5.01 Å². The number of guanidine groups is 1. The summed E-state index contributed by atoms with van der Waals surface area (Å²) >= 11 is 0.977. The number of hydrogen-bond donors (Lipinski definition) is 3. The molecule has 0 saturated heterocycles. The van der Waals surface area contributed by atoms with Crippen molar-refractivity contribution in [2.24, 2.45) is 4.99 Å². The Bertz CT molecular complexity index is 783. The van der Waals surface area contributed by atoms with Crippen molar-refractivity contribution in [1.82, 2.24) is 20.9 Å². The number of amides is 1. The van der Waals surface area contributed by atoms with Gasteiger partial charge in [-0.3, -0.25) is 9.79 Å². The van der Waals surface area contributed by atoms with E-state index in [2.05, 4.69) is 25.9 Å². The number of rotatable bonds is 8. The number of hydrogen-bond acceptors (Lipinski definition) is 4. The van der Waals surface area contributed by atoms with Crippen LogP contribution in [0.2, 0.25) is 0 Å². The van der Waals surface area contributed by atoms with Crippen LogP contribution in [-0.2, 0) is 23.9 Å². The number of aliphatic imine (C=N–C) groups is 1. The maximum Gasteiger partial charge on any atom is 0.434 e. The Balaban J connectivity index is 0.00000420. The average Bonchev–Trinajstić information content (AvgIpc) is 3.15. The van der Waals surface area contributed by atoms with E-state index in [0.717, 1.165) is 22.3 Å². The van der Waals surface area contributed by atoms with E-state index < -0.39 is 11.9 Å². The van der Waals surface area contributed by atoms with E-state index in [4.69, 9.17) is 0 Å². The van der Waals surface area contributed by atoms with Crippen molar-refractivity contribution in [1.29, 1.82) is 0 Å². The number of alkyl halides is 3. The first-order valence-electron chi connectivity index (χ1n) is 8.65. The minimum absolute atomic E-state index is 0. The molecule has 160 valence electrons. The van der Waals surface area contributed by atoms with E-state index in [1.54, 1.807) is 7.05 Å². The molecule has 2 aromatic rings. The van der Waals surface area contributed by atoms with Gasteiger partial charge in [0, 0.05) is 44.9 Å². The first kappa shape index (κ1) is 25.1. The quantitative estimate of drug-likeness (QED) is 0.273. The number of carbonyl (C=O) groups excluding carboxylic acids is 1. The van der Waals surface area contributed by atoms with Crippen molar-refractivity contribution in [2.45, 2.75) is 25.6 Å². The number of nitrogens with one attached hydrogen (secondary N) is 3. The summed E-state index contributed by atoms with van der Waals surface area (Å²) in [6.07, 6.45) is -3.80. The number of nitrogens with zero attached hydrogens (tertiary/aromatic N) is 2. The number of thiazole rings is 1. The minimum Gasteiger partial charge on any atom is -0.356 e. The van der Waals surface area contributed by atoms with Gasteiger partial charge in [0.15, 0.2) is 11.7 Å². The average molecular weight is 541 g/mol. The molecule has 0 atom stereocenters. The zero-order valence-electron chi connectivity index (χ0n) is 15.8. The second-order valence-electron chi connectivity index (χ2n) is 5.81. The van der Waals surface area contributed by atoms with Crippen molar-refractivity contribution in [2.75, 3.05) is 20.1 Å². The molecule has 0 fully saturated rings. The summed E-state index contributed by atoms with van der Waals surface area (Å²) in [5.74, 6) is 0.387. The lowest BCUT2D eigenvalue weighted by molar-refractivity contribution is -0.140. The molecule has 0 unspecified atom stereocenters. The highest BCUT2D eigenvalue weighted by atomic mass is 127. The Hall–Kier alpha value is -1.89. The van der Waals surface area contributed by atoms with Crippen LogP contribution in [0.4, 0.5) is 13.2 Å². The number of aromatic nitrogens is 1. The van der Waals surface area contributed by atoms with Crippen molar-refractivity contribution in [3.63, 3.8) is 0 Å². The van der Waals surface area contributed by atoms with Crippen molar-refractivity contribution in [3.05, 3.63) is 52.0 Å². The Morgan fingerprint density at radius 3 is 2.45 bits per heavy atom. The molecular weight excluding hydrogens is 518 g/mol. The third-order valence-electron chi connectivity index (χ3n) is 3.67. The molecular formula is C18H23F3IN5OS. The zero-order chi connectivity index (χ0) is 20.4. The Labute approximate surface area is 188 Å². The van der Waals surface area contributed by atoms with E-state index in [1.807, 2.05) is 30.3 Å². The predicted molar refractivity (Wildman–Crippen MR) is 119 cm³/mol. The van der Waals surface area contributed by atoms with Crippen molar-refractivity contribution >= 4 is 47.2 Å². The van der Waals surface area contributed by atoms with Crippen LogP contribution in [0, 0.1) is 0 Å². The van der Waals surface area contributed by atoms with Crippen LogP contribution >= 0.6 is 35.3 Å². The number of benzene rings is 1. The third kappa shape index (κ3) is 9.43. The molecule has 29 heavy (non-hydrogen) atoms. The molecule has 6 nitrogen and oxygen atoms in total. The summed E-state index contributed by atoms with van der Waals surface area (Å²) < 4.78 is 37.6. The smallest absolute Gasteiger partial charge is 0.356 e. The number of halogens is 4. The summed E-state index contributed by atoms with van der Waals surface area (Å²) in [6.45, 7) is 1.24. The number of carbonyl (C=O) groups is 1. The summed E-state index contributed by atoms with van der Waals surface area (Å²) in [4.78, 5) is 19.5. The maximum absolute atomic E-state index is 12.5. The van der Waals surface area contributed by atoms with Gasteiger partial charge in [-0.25, -0.2) is 4.98 Å². The molecule has 0 saturated carbocycles. The van der Waals surface area contributed by atoms with Crippen LogP contribution < -0.4 is 16.0 Å². The van der Waals surface area contributed by atoms with Gasteiger partial charge in [-0.15, -0.1) is 35.3 Å². The normalized spacial score (nSPS) is 11.5. The summed E-state index contributed by atoms with van der Waals surface area (Å²) in [5.41, 5.74) is 0.161. The van der Waals surface area contributed by atoms with Crippen LogP contribution in [0.25, 0.3) is 0 Å². The van der Waals surface area contributed by atoms with Crippen LogP contribution in [-0.4, -0.2) is 37.0 Å². The molecule has 1 aromatic carbocycles. The molecule has 0 aliphatic heterocycles. The van der Waals surface area contributed by atoms with E-state index in [-0.39, 0.29) is 36.3 Å². The second kappa shape index (κ2) is 12.6. The highest BCUT2D eigenvalue weighted by molar-refractivity contribution is 14.0. The third-order valence-corrected chi connectivity index (χ3v) is 4.58. The molecule has 0 radical (unpaired) electrons. The SMILES string of the molecule is CN=C(NCCC(=O)NCc1ccccc1)NCCc1nc(C(F)(F)F)cs1.I. The van der Waals surface area contributed by atoms with Gasteiger partial charge in [-0.1, -0.05) is 30.3 Å². The Morgan fingerprint density at radius 1 is 1.14 bits per heavy atom. The Kier molecular flexibility index (Phi) is 10.9. The van der Waals surface area contributed by atoms with E-state index >= 15 is 0 Å². The van der Waals surface area contributed by atoms with E-state index in [1.165, 1.54) is 0 Å². The minimum atomic E-state index is -4.42. The molecule has 1 aromatic heterocycles. The molecule has 0 aliphatic rings. The summed E-state index contributed by atoms with van der Waals surface area (Å²) in [5, 5.41) is 10.2. The predicted octanol–water partition coefficient (Wildman–Crippen LogP) is 3.19. The van der Waals surface area contributed by atoms with E-state index in [0.29, 0.717) is 37.0 Å². The molecule has 0 aliphatic carbocycles. The highest BCUT2D eigenvalue weighted by Gasteiger charge is 2.33. The second-order valence-corrected chi connectivity index (χ2v) is 6.75. The van der Waals surface area contributed by atoms with E-state index in [9.17, 15) is 18.0 Å². The van der Waals surface area contributed by atoms with Gasteiger partial charge in [-0.2, -0.15) is 13.2 Å². The standard InChI is InChI=1S/C18H22F3N5OS.HI/c1-22-17(24-10-8-16-26-14(12-28-16)18(19,20)21)23-9-7-15(27)25-11-13-5-3-2-4-6-13;/h2-6,12H,7-11H2,1H3,(H,25,27)(H2,22,23,24);1H. The van der Waals surface area contributed by atoms with Crippen LogP contribution in [0.3, 0.4) is 0 Å². The fourth-order valence-electron chi connectivity index (χ4n) is 2.24. The molecule has 11 heteroatoms. The first-order valence-corrected chi connectivity index (χ1v) is 9.53. The topological polar surface area (TPSA) is 78.4 Å². The maximum atomic E-state index is 12.5. The highest BCUT2D eigenvalue weighted by Crippen LogP contribution is 2.29. The van der Waals surface area contributed by atoms with Gasteiger partial charge in [-0.05, 0) is 5.56 Å². The van der Waals surface area contributed by atoms with Crippen molar-refractivity contribution in [3.8, 4) is 0 Å². The van der Waals surface area contributed by atoms with Gasteiger partial charge in [0.25, 0.3) is 0 Å². The van der Waals surface area contributed by atoms with Gasteiger partial charge in [0.2, 0.25) is 5.91 Å². The monoisotopic (exact) mass is 541 g/mol. The molecule has 3 N–H and O–H groups in total. The summed E-state index contributed by atoms with van der Waals surface area (Å²) in [6, 6.07) is 9.61. The van der Waals surface area contributed by atoms with Crippen molar-refractivity contribution < 1.29 is 18.0 Å². The molecule has 1 amide bonds. The van der Waals surface area contributed by atoms with Gasteiger partial charge < -0.3 is 16.0 Å². The van der Waals surface area contributed by atoms with Crippen LogP contribution in [0.15, 0.2) is 40.7 Å². The van der Waals surface area contributed by atoms with Crippen LogP contribution in [0.5, 0.6) is 0 Å². The fourth-order valence-corrected chi connectivity index (χ4v) is 3.05. The lowest BCUT2D eigenvalue weighted by Gasteiger charge is -2.11.